The Morgan fingerprint density at radius 2 is 1.80 bits per heavy atom. The highest BCUT2D eigenvalue weighted by Crippen LogP contribution is 2.32. The molecule has 1 heterocycles. The van der Waals surface area contributed by atoms with Crippen LogP contribution in [0.15, 0.2) is 18.2 Å². The summed E-state index contributed by atoms with van der Waals surface area (Å²) in [6, 6.07) is 6.03. The molecule has 0 aliphatic carbocycles. The number of hydrogen-bond donors (Lipinski definition) is 1. The van der Waals surface area contributed by atoms with E-state index in [0.29, 0.717) is 0 Å². The number of carboxylic acid groups (broad SMARTS) is 1. The van der Waals surface area contributed by atoms with Gasteiger partial charge in [0.2, 0.25) is 0 Å². The fourth-order valence-electron chi connectivity index (χ4n) is 3.03. The van der Waals surface area contributed by atoms with E-state index in [1.165, 1.54) is 0 Å². The second-order valence-corrected chi connectivity index (χ2v) is 5.99. The number of carboxylic acids is 1. The van der Waals surface area contributed by atoms with Gasteiger partial charge in [0.25, 0.3) is 0 Å². The summed E-state index contributed by atoms with van der Waals surface area (Å²) in [5.74, 6) is -0.769. The quantitative estimate of drug-likeness (QED) is 0.915. The van der Waals surface area contributed by atoms with Crippen molar-refractivity contribution in [3.63, 3.8) is 0 Å². The molecule has 0 radical (unpaired) electrons. The van der Waals surface area contributed by atoms with Gasteiger partial charge in [0.1, 0.15) is 5.54 Å². The van der Waals surface area contributed by atoms with Crippen LogP contribution in [-0.2, 0) is 10.3 Å². The first-order valence-electron chi connectivity index (χ1n) is 7.10. The standard InChI is InChI=1S/C16H24N2O2/c1-12-5-6-14(13(2)11-12)16(3,15(19)20)18-9-7-17(4)8-10-18/h5-6,11H,7-10H2,1-4H3,(H,19,20). The minimum Gasteiger partial charge on any atom is -0.480 e. The van der Waals surface area contributed by atoms with E-state index in [9.17, 15) is 9.90 Å². The van der Waals surface area contributed by atoms with Gasteiger partial charge in [-0.3, -0.25) is 4.90 Å². The number of aliphatic carboxylic acids is 1. The van der Waals surface area contributed by atoms with Gasteiger partial charge in [-0.05, 0) is 38.9 Å². The Bertz CT molecular complexity index is 507. The molecule has 1 atom stereocenters. The SMILES string of the molecule is Cc1ccc(C(C)(C(=O)O)N2CCN(C)CC2)c(C)c1. The number of hydrogen-bond acceptors (Lipinski definition) is 3. The molecule has 4 nitrogen and oxygen atoms in total. The monoisotopic (exact) mass is 276 g/mol. The highest BCUT2D eigenvalue weighted by atomic mass is 16.4. The summed E-state index contributed by atoms with van der Waals surface area (Å²) in [4.78, 5) is 16.3. The Hall–Kier alpha value is -1.39. The number of nitrogens with zero attached hydrogens (tertiary/aromatic N) is 2. The largest absolute Gasteiger partial charge is 0.480 e. The predicted octanol–water partition coefficient (Wildman–Crippen LogP) is 1.85. The van der Waals surface area contributed by atoms with Gasteiger partial charge in [-0.2, -0.15) is 0 Å². The molecule has 0 bridgehead atoms. The number of piperazine rings is 1. The van der Waals surface area contributed by atoms with Crippen LogP contribution in [0.4, 0.5) is 0 Å². The maximum absolute atomic E-state index is 12.0. The van der Waals surface area contributed by atoms with Crippen molar-refractivity contribution in [1.82, 2.24) is 9.80 Å². The molecule has 0 spiro atoms. The summed E-state index contributed by atoms with van der Waals surface area (Å²) in [6.45, 7) is 9.25. The third kappa shape index (κ3) is 2.58. The van der Waals surface area contributed by atoms with E-state index in [-0.39, 0.29) is 0 Å². The van der Waals surface area contributed by atoms with Gasteiger partial charge in [-0.15, -0.1) is 0 Å². The van der Waals surface area contributed by atoms with Gasteiger partial charge >= 0.3 is 5.97 Å². The zero-order valence-electron chi connectivity index (χ0n) is 12.8. The molecule has 0 saturated carbocycles. The van der Waals surface area contributed by atoms with Crippen molar-refractivity contribution < 1.29 is 9.90 Å². The first kappa shape index (κ1) is 15.0. The third-order valence-corrected chi connectivity index (χ3v) is 4.46. The van der Waals surface area contributed by atoms with E-state index < -0.39 is 11.5 Å². The van der Waals surface area contributed by atoms with Gasteiger partial charge in [0.05, 0.1) is 0 Å². The molecule has 1 saturated heterocycles. The molecule has 4 heteroatoms. The number of likely N-dealkylation sites (N-methyl/N-ethyl adjacent to an activating group) is 1. The smallest absolute Gasteiger partial charge is 0.328 e. The van der Waals surface area contributed by atoms with Crippen LogP contribution in [0.1, 0.15) is 23.6 Å². The Balaban J connectivity index is 2.41. The predicted molar refractivity (Wildman–Crippen MR) is 80.0 cm³/mol. The molecule has 1 aliphatic rings. The average Bonchev–Trinajstić information content (AvgIpc) is 2.38. The fourth-order valence-corrected chi connectivity index (χ4v) is 3.03. The van der Waals surface area contributed by atoms with Gasteiger partial charge in [0.15, 0.2) is 0 Å². The zero-order valence-corrected chi connectivity index (χ0v) is 12.8. The maximum Gasteiger partial charge on any atom is 0.328 e. The Kier molecular flexibility index (Phi) is 4.16. The van der Waals surface area contributed by atoms with Gasteiger partial charge in [0, 0.05) is 26.2 Å². The lowest BCUT2D eigenvalue weighted by Gasteiger charge is -2.43. The molecule has 2 rings (SSSR count). The summed E-state index contributed by atoms with van der Waals surface area (Å²) in [5, 5.41) is 9.84. The van der Waals surface area contributed by atoms with Crippen LogP contribution in [0.2, 0.25) is 0 Å². The summed E-state index contributed by atoms with van der Waals surface area (Å²) in [6.07, 6.45) is 0. The number of benzene rings is 1. The minimum atomic E-state index is -0.945. The zero-order chi connectivity index (χ0) is 14.9. The topological polar surface area (TPSA) is 43.8 Å². The van der Waals surface area contributed by atoms with Crippen molar-refractivity contribution in [1.29, 1.82) is 0 Å². The third-order valence-electron chi connectivity index (χ3n) is 4.46. The molecular weight excluding hydrogens is 252 g/mol. The van der Waals surface area contributed by atoms with Crippen molar-refractivity contribution in [2.24, 2.45) is 0 Å². The molecule has 0 aromatic heterocycles. The molecule has 0 amide bonds. The highest BCUT2D eigenvalue weighted by molar-refractivity contribution is 5.81. The van der Waals surface area contributed by atoms with Crippen LogP contribution >= 0.6 is 0 Å². The highest BCUT2D eigenvalue weighted by Gasteiger charge is 2.43. The molecule has 1 unspecified atom stereocenters. The second kappa shape index (κ2) is 5.54. The normalized spacial score (nSPS) is 20.6. The fraction of sp³-hybridized carbons (Fsp3) is 0.562. The van der Waals surface area contributed by atoms with Crippen LogP contribution in [0, 0.1) is 13.8 Å². The number of rotatable bonds is 3. The second-order valence-electron chi connectivity index (χ2n) is 5.99. The summed E-state index contributed by atoms with van der Waals surface area (Å²) >= 11 is 0. The first-order valence-corrected chi connectivity index (χ1v) is 7.10. The van der Waals surface area contributed by atoms with E-state index in [0.717, 1.165) is 42.9 Å². The molecule has 20 heavy (non-hydrogen) atoms. The van der Waals surface area contributed by atoms with E-state index in [2.05, 4.69) is 22.9 Å². The molecule has 1 N–H and O–H groups in total. The lowest BCUT2D eigenvalue weighted by molar-refractivity contribution is -0.152. The molecular formula is C16H24N2O2. The Morgan fingerprint density at radius 1 is 1.20 bits per heavy atom. The maximum atomic E-state index is 12.0. The summed E-state index contributed by atoms with van der Waals surface area (Å²) in [7, 11) is 2.08. The minimum absolute atomic E-state index is 0.769. The van der Waals surface area contributed by atoms with E-state index >= 15 is 0 Å². The number of aryl methyl sites for hydroxylation is 2. The van der Waals surface area contributed by atoms with Gasteiger partial charge < -0.3 is 10.0 Å². The van der Waals surface area contributed by atoms with Crippen LogP contribution in [-0.4, -0.2) is 54.1 Å². The Labute approximate surface area is 121 Å². The molecule has 1 aromatic rings. The average molecular weight is 276 g/mol. The lowest BCUT2D eigenvalue weighted by atomic mass is 9.85. The summed E-state index contributed by atoms with van der Waals surface area (Å²) in [5.41, 5.74) is 2.17. The van der Waals surface area contributed by atoms with Crippen molar-refractivity contribution in [3.05, 3.63) is 34.9 Å². The van der Waals surface area contributed by atoms with Gasteiger partial charge in [-0.25, -0.2) is 4.79 Å². The Morgan fingerprint density at radius 3 is 2.30 bits per heavy atom. The number of carbonyl (C=O) groups is 1. The summed E-state index contributed by atoms with van der Waals surface area (Å²) < 4.78 is 0. The van der Waals surface area contributed by atoms with E-state index in [4.69, 9.17) is 0 Å². The van der Waals surface area contributed by atoms with Crippen molar-refractivity contribution in [2.75, 3.05) is 33.2 Å². The van der Waals surface area contributed by atoms with Crippen molar-refractivity contribution in [2.45, 2.75) is 26.3 Å². The molecule has 1 aromatic carbocycles. The van der Waals surface area contributed by atoms with E-state index in [1.807, 2.05) is 32.9 Å². The van der Waals surface area contributed by atoms with Crippen LogP contribution in [0.3, 0.4) is 0 Å². The molecule has 1 aliphatic heterocycles. The van der Waals surface area contributed by atoms with Crippen molar-refractivity contribution >= 4 is 5.97 Å². The van der Waals surface area contributed by atoms with E-state index in [1.54, 1.807) is 0 Å². The van der Waals surface area contributed by atoms with Crippen LogP contribution in [0.5, 0.6) is 0 Å². The van der Waals surface area contributed by atoms with Gasteiger partial charge in [-0.1, -0.05) is 23.8 Å². The molecule has 110 valence electrons. The molecule has 1 fully saturated rings. The van der Waals surface area contributed by atoms with Crippen LogP contribution < -0.4 is 0 Å². The van der Waals surface area contributed by atoms with Crippen molar-refractivity contribution in [3.8, 4) is 0 Å². The lowest BCUT2D eigenvalue weighted by Crippen LogP contribution is -2.57. The first-order chi connectivity index (χ1) is 9.35. The van der Waals surface area contributed by atoms with Crippen LogP contribution in [0.25, 0.3) is 0 Å².